The lowest BCUT2D eigenvalue weighted by molar-refractivity contribution is 0.0600. The maximum Gasteiger partial charge on any atom is 0.339 e. The van der Waals surface area contributed by atoms with Crippen LogP contribution in [0.1, 0.15) is 15.9 Å². The number of nitrogens with zero attached hydrogens (tertiary/aromatic N) is 2. The summed E-state index contributed by atoms with van der Waals surface area (Å²) in [6.07, 6.45) is 5.17. The van der Waals surface area contributed by atoms with Crippen molar-refractivity contribution in [2.24, 2.45) is 0 Å². The van der Waals surface area contributed by atoms with Gasteiger partial charge in [0.15, 0.2) is 0 Å². The van der Waals surface area contributed by atoms with E-state index in [0.717, 1.165) is 11.3 Å². The fraction of sp³-hybridized carbons (Fsp3) is 0.111. The molecule has 9 heteroatoms. The zero-order valence-corrected chi connectivity index (χ0v) is 15.9. The number of nitrogens with one attached hydrogen (secondary N) is 1. The minimum absolute atomic E-state index is 0.00766. The fourth-order valence-corrected chi connectivity index (χ4v) is 3.64. The monoisotopic (exact) mass is 405 g/mol. The molecule has 0 amide bonds. The Labute approximate surface area is 161 Å². The van der Waals surface area contributed by atoms with Crippen LogP contribution in [0, 0.1) is 0 Å². The Hall–Kier alpha value is -2.68. The number of halogens is 1. The van der Waals surface area contributed by atoms with E-state index < -0.39 is 16.0 Å². The van der Waals surface area contributed by atoms with Crippen molar-refractivity contribution in [3.05, 3.63) is 77.3 Å². The number of imidazole rings is 1. The number of carbonyl (C=O) groups is 1. The lowest BCUT2D eigenvalue weighted by atomic mass is 10.2. The summed E-state index contributed by atoms with van der Waals surface area (Å²) < 4.78 is 34.0. The van der Waals surface area contributed by atoms with Gasteiger partial charge in [0.1, 0.15) is 0 Å². The molecule has 0 bridgehead atoms. The third-order valence-electron chi connectivity index (χ3n) is 3.86. The van der Waals surface area contributed by atoms with Crippen molar-refractivity contribution in [2.75, 3.05) is 7.11 Å². The number of ether oxygens (including phenoxy) is 1. The number of rotatable bonds is 6. The molecule has 0 fully saturated rings. The summed E-state index contributed by atoms with van der Waals surface area (Å²) in [6.45, 7) is 0.0999. The number of benzene rings is 2. The second kappa shape index (κ2) is 7.91. The first-order valence-corrected chi connectivity index (χ1v) is 9.71. The first-order valence-electron chi connectivity index (χ1n) is 7.85. The summed E-state index contributed by atoms with van der Waals surface area (Å²) in [6, 6.07) is 11.2. The van der Waals surface area contributed by atoms with E-state index in [1.807, 2.05) is 35.0 Å². The van der Waals surface area contributed by atoms with Gasteiger partial charge in [-0.15, -0.1) is 0 Å². The average Bonchev–Trinajstić information content (AvgIpc) is 3.21. The van der Waals surface area contributed by atoms with Crippen LogP contribution in [0.3, 0.4) is 0 Å². The highest BCUT2D eigenvalue weighted by Crippen LogP contribution is 2.21. The van der Waals surface area contributed by atoms with Crippen LogP contribution in [0.2, 0.25) is 5.02 Å². The number of methoxy groups -OCH3 is 1. The fourth-order valence-electron chi connectivity index (χ4n) is 2.40. The van der Waals surface area contributed by atoms with Crippen molar-refractivity contribution in [2.45, 2.75) is 11.4 Å². The van der Waals surface area contributed by atoms with Crippen LogP contribution in [0.25, 0.3) is 5.69 Å². The minimum Gasteiger partial charge on any atom is -0.465 e. The van der Waals surface area contributed by atoms with Gasteiger partial charge >= 0.3 is 5.97 Å². The number of sulfonamides is 1. The van der Waals surface area contributed by atoms with E-state index in [9.17, 15) is 13.2 Å². The van der Waals surface area contributed by atoms with Gasteiger partial charge in [-0.05, 0) is 35.9 Å². The summed E-state index contributed by atoms with van der Waals surface area (Å²) in [7, 11) is -2.62. The summed E-state index contributed by atoms with van der Waals surface area (Å²) in [5, 5.41) is 0.121. The molecule has 0 aliphatic carbocycles. The summed E-state index contributed by atoms with van der Waals surface area (Å²) in [5.74, 6) is -0.702. The molecular formula is C18H16ClN3O4S. The molecule has 0 aliphatic rings. The molecule has 0 spiro atoms. The summed E-state index contributed by atoms with van der Waals surface area (Å²) in [4.78, 5) is 15.6. The standard InChI is InChI=1S/C18H16ClN3O4S/c1-26-18(23)16-10-15(6-7-17(16)19)27(24,25)21-11-13-2-4-14(5-3-13)22-9-8-20-12-22/h2-10,12,21H,11H2,1H3. The van der Waals surface area contributed by atoms with Gasteiger partial charge in [-0.25, -0.2) is 22.9 Å². The van der Waals surface area contributed by atoms with Gasteiger partial charge in [0.2, 0.25) is 10.0 Å². The topological polar surface area (TPSA) is 90.3 Å². The third kappa shape index (κ3) is 4.36. The van der Waals surface area contributed by atoms with Crippen LogP contribution in [0.15, 0.2) is 66.1 Å². The van der Waals surface area contributed by atoms with Gasteiger partial charge in [-0.3, -0.25) is 0 Å². The van der Waals surface area contributed by atoms with Gasteiger partial charge in [0, 0.05) is 24.6 Å². The average molecular weight is 406 g/mol. The molecule has 0 saturated carbocycles. The van der Waals surface area contributed by atoms with E-state index in [1.54, 1.807) is 12.5 Å². The Morgan fingerprint density at radius 3 is 2.59 bits per heavy atom. The molecule has 140 valence electrons. The lowest BCUT2D eigenvalue weighted by Crippen LogP contribution is -2.23. The molecule has 0 unspecified atom stereocenters. The van der Waals surface area contributed by atoms with Crippen molar-refractivity contribution < 1.29 is 17.9 Å². The molecule has 1 aromatic heterocycles. The molecule has 3 aromatic rings. The van der Waals surface area contributed by atoms with E-state index in [0.29, 0.717) is 0 Å². The molecule has 27 heavy (non-hydrogen) atoms. The number of hydrogen-bond acceptors (Lipinski definition) is 5. The lowest BCUT2D eigenvalue weighted by Gasteiger charge is -2.10. The van der Waals surface area contributed by atoms with Crippen LogP contribution in [0.5, 0.6) is 0 Å². The van der Waals surface area contributed by atoms with Gasteiger partial charge in [-0.2, -0.15) is 0 Å². The van der Waals surface area contributed by atoms with E-state index >= 15 is 0 Å². The van der Waals surface area contributed by atoms with Gasteiger partial charge in [0.25, 0.3) is 0 Å². The van der Waals surface area contributed by atoms with Gasteiger partial charge in [-0.1, -0.05) is 23.7 Å². The summed E-state index contributed by atoms with van der Waals surface area (Å²) >= 11 is 5.93. The Morgan fingerprint density at radius 2 is 1.96 bits per heavy atom. The quantitative estimate of drug-likeness (QED) is 0.637. The van der Waals surface area contributed by atoms with E-state index in [-0.39, 0.29) is 22.0 Å². The molecule has 0 aliphatic heterocycles. The highest BCUT2D eigenvalue weighted by atomic mass is 35.5. The van der Waals surface area contributed by atoms with Crippen molar-refractivity contribution in [3.63, 3.8) is 0 Å². The molecule has 0 atom stereocenters. The Morgan fingerprint density at radius 1 is 1.22 bits per heavy atom. The molecule has 0 saturated heterocycles. The highest BCUT2D eigenvalue weighted by Gasteiger charge is 2.19. The third-order valence-corrected chi connectivity index (χ3v) is 5.59. The number of aromatic nitrogens is 2. The SMILES string of the molecule is COC(=O)c1cc(S(=O)(=O)NCc2ccc(-n3ccnc3)cc2)ccc1Cl. The minimum atomic E-state index is -3.82. The molecule has 1 heterocycles. The predicted octanol–water partition coefficient (Wildman–Crippen LogP) is 2.79. The number of carbonyl (C=O) groups excluding carboxylic acids is 1. The Kier molecular flexibility index (Phi) is 5.59. The first-order chi connectivity index (χ1) is 12.9. The van der Waals surface area contributed by atoms with Crippen molar-refractivity contribution in [3.8, 4) is 5.69 Å². The Bertz CT molecular complexity index is 1050. The van der Waals surface area contributed by atoms with Crippen molar-refractivity contribution in [1.82, 2.24) is 14.3 Å². The van der Waals surface area contributed by atoms with Crippen molar-refractivity contribution in [1.29, 1.82) is 0 Å². The second-order valence-electron chi connectivity index (χ2n) is 5.59. The smallest absolute Gasteiger partial charge is 0.339 e. The normalized spacial score (nSPS) is 11.3. The molecule has 7 nitrogen and oxygen atoms in total. The zero-order valence-electron chi connectivity index (χ0n) is 14.3. The molecule has 1 N–H and O–H groups in total. The maximum atomic E-state index is 12.5. The van der Waals surface area contributed by atoms with Crippen molar-refractivity contribution >= 4 is 27.6 Å². The molecule has 0 radical (unpaired) electrons. The van der Waals surface area contributed by atoms with Crippen LogP contribution < -0.4 is 4.72 Å². The van der Waals surface area contributed by atoms with Gasteiger partial charge < -0.3 is 9.30 Å². The van der Waals surface area contributed by atoms with Crippen LogP contribution in [0.4, 0.5) is 0 Å². The van der Waals surface area contributed by atoms with Gasteiger partial charge in [0.05, 0.1) is 28.9 Å². The van der Waals surface area contributed by atoms with E-state index in [1.165, 1.54) is 25.3 Å². The van der Waals surface area contributed by atoms with E-state index in [4.69, 9.17) is 11.6 Å². The van der Waals surface area contributed by atoms with Crippen LogP contribution in [-0.4, -0.2) is 31.0 Å². The Balaban J connectivity index is 1.74. The second-order valence-corrected chi connectivity index (χ2v) is 7.77. The molecular weight excluding hydrogens is 390 g/mol. The zero-order chi connectivity index (χ0) is 19.4. The first kappa shape index (κ1) is 19.1. The van der Waals surface area contributed by atoms with Crippen LogP contribution in [-0.2, 0) is 21.3 Å². The summed E-state index contributed by atoms with van der Waals surface area (Å²) in [5.41, 5.74) is 1.69. The molecule has 2 aromatic carbocycles. The predicted molar refractivity (Wildman–Crippen MR) is 100 cm³/mol. The molecule has 3 rings (SSSR count). The largest absolute Gasteiger partial charge is 0.465 e. The van der Waals surface area contributed by atoms with Crippen LogP contribution >= 0.6 is 11.6 Å². The maximum absolute atomic E-state index is 12.5. The number of esters is 1. The number of hydrogen-bond donors (Lipinski definition) is 1. The van der Waals surface area contributed by atoms with E-state index in [2.05, 4.69) is 14.4 Å². The highest BCUT2D eigenvalue weighted by molar-refractivity contribution is 7.89.